The van der Waals surface area contributed by atoms with Gasteiger partial charge in [-0.25, -0.2) is 8.42 Å². The molecule has 3 aromatic carbocycles. The molecule has 0 fully saturated rings. The summed E-state index contributed by atoms with van der Waals surface area (Å²) in [7, 11) is -3.47. The molecule has 182 valence electrons. The lowest BCUT2D eigenvalue weighted by molar-refractivity contribution is -0.121. The van der Waals surface area contributed by atoms with Crippen LogP contribution in [0.25, 0.3) is 10.8 Å². The number of amides is 1. The van der Waals surface area contributed by atoms with Gasteiger partial charge in [-0.15, -0.1) is 0 Å². The van der Waals surface area contributed by atoms with E-state index in [4.69, 9.17) is 4.74 Å². The summed E-state index contributed by atoms with van der Waals surface area (Å²) in [6.45, 7) is 7.48. The second kappa shape index (κ2) is 10.9. The highest BCUT2D eigenvalue weighted by Crippen LogP contribution is 2.25. The van der Waals surface area contributed by atoms with E-state index in [1.54, 1.807) is 6.07 Å². The van der Waals surface area contributed by atoms with Crippen LogP contribution in [-0.4, -0.2) is 40.3 Å². The first-order chi connectivity index (χ1) is 16.0. The van der Waals surface area contributed by atoms with Crippen molar-refractivity contribution < 1.29 is 17.9 Å². The summed E-state index contributed by atoms with van der Waals surface area (Å²) in [5.41, 5.74) is 1.93. The lowest BCUT2D eigenvalue weighted by Crippen LogP contribution is -2.32. The number of rotatable bonds is 10. The van der Waals surface area contributed by atoms with Crippen LogP contribution in [0, 0.1) is 0 Å². The average molecular weight is 483 g/mol. The standard InChI is InChI=1S/C27H34N2O4S/c1-27(2,3)23-12-15-25(16-13-23)33-19-17-28-26(30)10-7-18-29(34(4,31)32)24-14-11-21-8-5-6-9-22(21)20-24/h5-6,8-9,11-16,20H,7,10,17-19H2,1-4H3,(H,28,30). The summed E-state index contributed by atoms with van der Waals surface area (Å²) in [5.74, 6) is 0.639. The molecule has 0 aromatic heterocycles. The largest absolute Gasteiger partial charge is 0.492 e. The molecule has 0 saturated heterocycles. The lowest BCUT2D eigenvalue weighted by atomic mass is 9.87. The van der Waals surface area contributed by atoms with Crippen molar-refractivity contribution in [2.75, 3.05) is 30.3 Å². The number of benzene rings is 3. The Morgan fingerprint density at radius 3 is 2.29 bits per heavy atom. The van der Waals surface area contributed by atoms with E-state index in [1.165, 1.54) is 16.1 Å². The van der Waals surface area contributed by atoms with Gasteiger partial charge in [0.15, 0.2) is 0 Å². The van der Waals surface area contributed by atoms with E-state index in [0.717, 1.165) is 16.5 Å². The number of nitrogens with one attached hydrogen (secondary N) is 1. The van der Waals surface area contributed by atoms with Crippen molar-refractivity contribution in [1.29, 1.82) is 0 Å². The fourth-order valence-corrected chi connectivity index (χ4v) is 4.66. The molecule has 0 bridgehead atoms. The van der Waals surface area contributed by atoms with Gasteiger partial charge in [-0.05, 0) is 52.4 Å². The minimum Gasteiger partial charge on any atom is -0.492 e. The number of sulfonamides is 1. The predicted octanol–water partition coefficient (Wildman–Crippen LogP) is 4.88. The zero-order chi connectivity index (χ0) is 24.8. The number of carbonyl (C=O) groups is 1. The first-order valence-corrected chi connectivity index (χ1v) is 13.4. The van der Waals surface area contributed by atoms with Crippen molar-refractivity contribution in [2.45, 2.75) is 39.0 Å². The third kappa shape index (κ3) is 7.22. The van der Waals surface area contributed by atoms with Gasteiger partial charge in [-0.2, -0.15) is 0 Å². The van der Waals surface area contributed by atoms with Gasteiger partial charge in [0, 0.05) is 13.0 Å². The quantitative estimate of drug-likeness (QED) is 0.418. The van der Waals surface area contributed by atoms with Gasteiger partial charge in [-0.1, -0.05) is 63.2 Å². The lowest BCUT2D eigenvalue weighted by Gasteiger charge is -2.22. The molecule has 1 amide bonds. The summed E-state index contributed by atoms with van der Waals surface area (Å²) in [6, 6.07) is 21.4. The van der Waals surface area contributed by atoms with Crippen LogP contribution >= 0.6 is 0 Å². The van der Waals surface area contributed by atoms with Crippen molar-refractivity contribution in [2.24, 2.45) is 0 Å². The zero-order valence-corrected chi connectivity index (χ0v) is 21.2. The van der Waals surface area contributed by atoms with Crippen molar-refractivity contribution in [1.82, 2.24) is 5.32 Å². The number of hydrogen-bond donors (Lipinski definition) is 1. The first-order valence-electron chi connectivity index (χ1n) is 11.5. The maximum atomic E-state index is 12.4. The Bertz CT molecular complexity index is 1220. The van der Waals surface area contributed by atoms with E-state index < -0.39 is 10.0 Å². The van der Waals surface area contributed by atoms with Crippen LogP contribution in [0.4, 0.5) is 5.69 Å². The molecule has 3 aromatic rings. The first kappa shape index (κ1) is 25.6. The molecule has 0 unspecified atom stereocenters. The van der Waals surface area contributed by atoms with Crippen molar-refractivity contribution >= 4 is 32.4 Å². The fourth-order valence-electron chi connectivity index (χ4n) is 3.70. The third-order valence-electron chi connectivity index (χ3n) is 5.60. The molecule has 0 atom stereocenters. The van der Waals surface area contributed by atoms with E-state index in [-0.39, 0.29) is 24.3 Å². The number of carbonyl (C=O) groups excluding carboxylic acids is 1. The Balaban J connectivity index is 1.45. The Morgan fingerprint density at radius 1 is 0.971 bits per heavy atom. The van der Waals surface area contributed by atoms with E-state index >= 15 is 0 Å². The number of nitrogens with zero attached hydrogens (tertiary/aromatic N) is 1. The maximum Gasteiger partial charge on any atom is 0.232 e. The third-order valence-corrected chi connectivity index (χ3v) is 6.79. The van der Waals surface area contributed by atoms with Gasteiger partial charge >= 0.3 is 0 Å². The van der Waals surface area contributed by atoms with Crippen LogP contribution in [0.15, 0.2) is 66.7 Å². The van der Waals surface area contributed by atoms with Gasteiger partial charge < -0.3 is 10.1 Å². The van der Waals surface area contributed by atoms with Gasteiger partial charge in [0.05, 0.1) is 18.5 Å². The molecule has 0 radical (unpaired) electrons. The topological polar surface area (TPSA) is 75.7 Å². The Hall–Kier alpha value is -3.06. The SMILES string of the molecule is CC(C)(C)c1ccc(OCCNC(=O)CCCN(c2ccc3ccccc3c2)S(C)(=O)=O)cc1. The Morgan fingerprint density at radius 2 is 1.65 bits per heavy atom. The second-order valence-electron chi connectivity index (χ2n) is 9.44. The molecule has 34 heavy (non-hydrogen) atoms. The summed E-state index contributed by atoms with van der Waals surface area (Å²) in [4.78, 5) is 12.2. The van der Waals surface area contributed by atoms with Gasteiger partial charge in [0.25, 0.3) is 0 Å². The van der Waals surface area contributed by atoms with Crippen molar-refractivity contribution in [3.63, 3.8) is 0 Å². The summed E-state index contributed by atoms with van der Waals surface area (Å²) < 4.78 is 31.8. The normalized spacial score (nSPS) is 11.9. The Kier molecular flexibility index (Phi) is 8.20. The highest BCUT2D eigenvalue weighted by Gasteiger charge is 2.18. The molecule has 0 heterocycles. The van der Waals surface area contributed by atoms with E-state index in [0.29, 0.717) is 25.3 Å². The maximum absolute atomic E-state index is 12.4. The molecular weight excluding hydrogens is 448 g/mol. The molecule has 0 saturated carbocycles. The monoisotopic (exact) mass is 482 g/mol. The molecule has 6 nitrogen and oxygen atoms in total. The highest BCUT2D eigenvalue weighted by atomic mass is 32.2. The highest BCUT2D eigenvalue weighted by molar-refractivity contribution is 7.92. The molecule has 3 rings (SSSR count). The average Bonchev–Trinajstić information content (AvgIpc) is 2.78. The zero-order valence-electron chi connectivity index (χ0n) is 20.4. The Labute approximate surface area is 203 Å². The fraction of sp³-hybridized carbons (Fsp3) is 0.370. The van der Waals surface area contributed by atoms with Crippen LogP contribution in [0.3, 0.4) is 0 Å². The van der Waals surface area contributed by atoms with Gasteiger partial charge in [0.2, 0.25) is 15.9 Å². The van der Waals surface area contributed by atoms with E-state index in [2.05, 4.69) is 38.2 Å². The minimum atomic E-state index is -3.47. The van der Waals surface area contributed by atoms with Crippen molar-refractivity contribution in [3.8, 4) is 5.75 Å². The molecule has 0 aliphatic heterocycles. The summed E-state index contributed by atoms with van der Waals surface area (Å²) in [5, 5.41) is 4.85. The number of fused-ring (bicyclic) bond motifs is 1. The summed E-state index contributed by atoms with van der Waals surface area (Å²) in [6.07, 6.45) is 1.84. The molecule has 0 aliphatic rings. The van der Waals surface area contributed by atoms with Gasteiger partial charge in [-0.3, -0.25) is 9.10 Å². The number of ether oxygens (including phenoxy) is 1. The smallest absolute Gasteiger partial charge is 0.232 e. The molecular formula is C27H34N2O4S. The van der Waals surface area contributed by atoms with E-state index in [1.807, 2.05) is 48.5 Å². The number of hydrogen-bond acceptors (Lipinski definition) is 4. The second-order valence-corrected chi connectivity index (χ2v) is 11.3. The van der Waals surface area contributed by atoms with Crippen LogP contribution < -0.4 is 14.4 Å². The molecule has 0 aliphatic carbocycles. The summed E-state index contributed by atoms with van der Waals surface area (Å²) >= 11 is 0. The van der Waals surface area contributed by atoms with Crippen molar-refractivity contribution in [3.05, 3.63) is 72.3 Å². The van der Waals surface area contributed by atoms with Crippen LogP contribution in [0.2, 0.25) is 0 Å². The molecule has 0 spiro atoms. The minimum absolute atomic E-state index is 0.0908. The molecule has 7 heteroatoms. The van der Waals surface area contributed by atoms with E-state index in [9.17, 15) is 13.2 Å². The van der Waals surface area contributed by atoms with Gasteiger partial charge in [0.1, 0.15) is 12.4 Å². The number of anilines is 1. The van der Waals surface area contributed by atoms with Crippen LogP contribution in [0.1, 0.15) is 39.2 Å². The predicted molar refractivity (Wildman–Crippen MR) is 139 cm³/mol. The van der Waals surface area contributed by atoms with Crippen LogP contribution in [-0.2, 0) is 20.2 Å². The molecule has 1 N–H and O–H groups in total. The van der Waals surface area contributed by atoms with Crippen LogP contribution in [0.5, 0.6) is 5.75 Å².